The summed E-state index contributed by atoms with van der Waals surface area (Å²) in [5.74, 6) is -3.84. The minimum absolute atomic E-state index is 0.0807. The summed E-state index contributed by atoms with van der Waals surface area (Å²) in [6, 6.07) is 12.1. The summed E-state index contributed by atoms with van der Waals surface area (Å²) in [4.78, 5) is 23.5. The number of nitrogens with zero attached hydrogens (tertiary/aromatic N) is 4. The second kappa shape index (κ2) is 7.85. The minimum atomic E-state index is -1.53. The van der Waals surface area contributed by atoms with E-state index in [1.165, 1.54) is 16.5 Å². The Balaban J connectivity index is 1.43. The summed E-state index contributed by atoms with van der Waals surface area (Å²) >= 11 is 0. The molecule has 0 saturated carbocycles. The highest BCUT2D eigenvalue weighted by molar-refractivity contribution is 6.09. The number of hydrogen-bond acceptors (Lipinski definition) is 4. The molecule has 0 aromatic heterocycles. The highest BCUT2D eigenvalue weighted by atomic mass is 19.2. The second-order valence-electron chi connectivity index (χ2n) is 7.93. The largest absolute Gasteiger partial charge is 0.314 e. The van der Waals surface area contributed by atoms with E-state index in [1.54, 1.807) is 0 Å². The first-order chi connectivity index (χ1) is 15.0. The summed E-state index contributed by atoms with van der Waals surface area (Å²) in [5, 5.41) is 0. The molecule has 0 saturated heterocycles. The van der Waals surface area contributed by atoms with Crippen LogP contribution in [0.25, 0.3) is 0 Å². The Morgan fingerprint density at radius 3 is 2.55 bits per heavy atom. The molecule has 2 aromatic rings. The van der Waals surface area contributed by atoms with Gasteiger partial charge in [0.1, 0.15) is 0 Å². The van der Waals surface area contributed by atoms with Gasteiger partial charge in [-0.05, 0) is 11.6 Å². The van der Waals surface area contributed by atoms with Crippen molar-refractivity contribution in [3.8, 4) is 0 Å². The molecule has 8 heteroatoms. The molecule has 5 rings (SSSR count). The molecule has 5 nitrogen and oxygen atoms in total. The molecule has 0 aliphatic carbocycles. The lowest BCUT2D eigenvalue weighted by Crippen LogP contribution is -2.53. The maximum absolute atomic E-state index is 14.3. The average molecular weight is 426 g/mol. The van der Waals surface area contributed by atoms with Crippen molar-refractivity contribution in [1.82, 2.24) is 14.7 Å². The first kappa shape index (κ1) is 19.8. The van der Waals surface area contributed by atoms with E-state index in [9.17, 15) is 18.0 Å². The minimum Gasteiger partial charge on any atom is -0.314 e. The van der Waals surface area contributed by atoms with Crippen molar-refractivity contribution in [3.05, 3.63) is 82.3 Å². The number of guanidine groups is 1. The van der Waals surface area contributed by atoms with Crippen LogP contribution in [0.4, 0.5) is 13.2 Å². The van der Waals surface area contributed by atoms with Crippen molar-refractivity contribution in [3.63, 3.8) is 0 Å². The van der Waals surface area contributed by atoms with Crippen molar-refractivity contribution in [2.75, 3.05) is 26.2 Å². The van der Waals surface area contributed by atoms with Crippen LogP contribution in [0.1, 0.15) is 17.5 Å². The van der Waals surface area contributed by atoms with Crippen LogP contribution in [-0.4, -0.2) is 52.7 Å². The summed E-state index contributed by atoms with van der Waals surface area (Å²) in [6.45, 7) is 3.00. The number of hydrogen-bond donors (Lipinski definition) is 0. The number of benzene rings is 2. The predicted octanol–water partition coefficient (Wildman–Crippen LogP) is 3.28. The molecule has 3 aliphatic heterocycles. The quantitative estimate of drug-likeness (QED) is 0.705. The first-order valence-corrected chi connectivity index (χ1v) is 10.3. The van der Waals surface area contributed by atoms with Gasteiger partial charge in [0, 0.05) is 43.9 Å². The van der Waals surface area contributed by atoms with Crippen LogP contribution in [0, 0.1) is 17.5 Å². The third-order valence-corrected chi connectivity index (χ3v) is 5.98. The number of halogens is 3. The fourth-order valence-electron chi connectivity index (χ4n) is 4.45. The zero-order valence-electron chi connectivity index (χ0n) is 16.8. The summed E-state index contributed by atoms with van der Waals surface area (Å²) < 4.78 is 41.4. The second-order valence-corrected chi connectivity index (χ2v) is 7.93. The van der Waals surface area contributed by atoms with E-state index in [1.807, 2.05) is 23.1 Å². The van der Waals surface area contributed by atoms with Gasteiger partial charge in [0.2, 0.25) is 5.96 Å². The Kier molecular flexibility index (Phi) is 5.02. The van der Waals surface area contributed by atoms with Gasteiger partial charge >= 0.3 is 0 Å². The zero-order chi connectivity index (χ0) is 21.5. The Labute approximate surface area is 178 Å². The van der Waals surface area contributed by atoms with Gasteiger partial charge in [-0.15, -0.1) is 0 Å². The molecule has 0 atom stereocenters. The number of carbonyl (C=O) groups is 1. The number of aliphatic imine (C=N–C) groups is 1. The fourth-order valence-corrected chi connectivity index (χ4v) is 4.45. The normalized spacial score (nSPS) is 18.9. The van der Waals surface area contributed by atoms with Crippen molar-refractivity contribution in [2.24, 2.45) is 4.99 Å². The van der Waals surface area contributed by atoms with Crippen LogP contribution in [0.2, 0.25) is 0 Å². The van der Waals surface area contributed by atoms with Gasteiger partial charge < -0.3 is 4.90 Å². The van der Waals surface area contributed by atoms with Crippen molar-refractivity contribution < 1.29 is 18.0 Å². The predicted molar refractivity (Wildman–Crippen MR) is 109 cm³/mol. The van der Waals surface area contributed by atoms with E-state index < -0.39 is 17.5 Å². The molecule has 3 aliphatic rings. The maximum Gasteiger partial charge on any atom is 0.259 e. The van der Waals surface area contributed by atoms with Gasteiger partial charge in [0.05, 0.1) is 18.7 Å². The molecular formula is C23H21F3N4O. The lowest BCUT2D eigenvalue weighted by Gasteiger charge is -2.42. The van der Waals surface area contributed by atoms with Gasteiger partial charge in [0.25, 0.3) is 5.91 Å². The van der Waals surface area contributed by atoms with Crippen LogP contribution >= 0.6 is 0 Å². The van der Waals surface area contributed by atoms with Crippen LogP contribution in [0.15, 0.2) is 58.7 Å². The SMILES string of the molecule is O=C1C2=C(CCN(Cc3ccccc3)C2)N2CCN=C2N1Cc1ccc(F)c(F)c1F. The standard InChI is InChI=1S/C23H21F3N4O/c24-18-7-6-16(20(25)21(18)26)13-30-22(31)17-14-28(12-15-4-2-1-3-5-15)10-8-19(17)29-11-9-27-23(29)30/h1-7H,8-14H2. The van der Waals surface area contributed by atoms with E-state index >= 15 is 0 Å². The Morgan fingerprint density at radius 2 is 1.74 bits per heavy atom. The molecule has 0 N–H and O–H groups in total. The van der Waals surface area contributed by atoms with E-state index in [0.717, 1.165) is 31.3 Å². The lowest BCUT2D eigenvalue weighted by molar-refractivity contribution is -0.125. The van der Waals surface area contributed by atoms with Gasteiger partial charge in [-0.1, -0.05) is 36.4 Å². The summed E-state index contributed by atoms with van der Waals surface area (Å²) in [5.41, 5.74) is 2.71. The first-order valence-electron chi connectivity index (χ1n) is 10.3. The van der Waals surface area contributed by atoms with Crippen LogP contribution in [0.5, 0.6) is 0 Å². The molecule has 0 unspecified atom stereocenters. The molecule has 0 bridgehead atoms. The maximum atomic E-state index is 14.3. The monoisotopic (exact) mass is 426 g/mol. The van der Waals surface area contributed by atoms with Gasteiger partial charge in [0.15, 0.2) is 17.5 Å². The van der Waals surface area contributed by atoms with E-state index in [0.29, 0.717) is 31.2 Å². The highest BCUT2D eigenvalue weighted by Gasteiger charge is 2.41. The Bertz CT molecular complexity index is 1100. The molecule has 2 aromatic carbocycles. The van der Waals surface area contributed by atoms with Gasteiger partial charge in [-0.25, -0.2) is 13.2 Å². The van der Waals surface area contributed by atoms with E-state index in [-0.39, 0.29) is 18.0 Å². The average Bonchev–Trinajstić information content (AvgIpc) is 3.27. The van der Waals surface area contributed by atoms with Crippen LogP contribution < -0.4 is 0 Å². The molecule has 0 spiro atoms. The molecule has 0 fully saturated rings. The van der Waals surface area contributed by atoms with Crippen molar-refractivity contribution in [2.45, 2.75) is 19.5 Å². The summed E-state index contributed by atoms with van der Waals surface area (Å²) in [7, 11) is 0. The highest BCUT2D eigenvalue weighted by Crippen LogP contribution is 2.32. The number of amides is 1. The number of rotatable bonds is 4. The van der Waals surface area contributed by atoms with Crippen LogP contribution in [0.3, 0.4) is 0 Å². The van der Waals surface area contributed by atoms with E-state index in [2.05, 4.69) is 22.0 Å². The molecule has 0 radical (unpaired) electrons. The fraction of sp³-hybridized carbons (Fsp3) is 0.304. The van der Waals surface area contributed by atoms with Gasteiger partial charge in [-0.2, -0.15) is 0 Å². The molecular weight excluding hydrogens is 405 g/mol. The van der Waals surface area contributed by atoms with Crippen LogP contribution in [-0.2, 0) is 17.9 Å². The third-order valence-electron chi connectivity index (χ3n) is 5.98. The molecule has 3 heterocycles. The zero-order valence-corrected chi connectivity index (χ0v) is 16.8. The smallest absolute Gasteiger partial charge is 0.259 e. The van der Waals surface area contributed by atoms with E-state index in [4.69, 9.17) is 0 Å². The van der Waals surface area contributed by atoms with Gasteiger partial charge in [-0.3, -0.25) is 19.6 Å². The molecule has 31 heavy (non-hydrogen) atoms. The third kappa shape index (κ3) is 3.50. The molecule has 1 amide bonds. The van der Waals surface area contributed by atoms with Crippen molar-refractivity contribution in [1.29, 1.82) is 0 Å². The molecule has 160 valence electrons. The lowest BCUT2D eigenvalue weighted by atomic mass is 10.00. The Morgan fingerprint density at radius 1 is 0.935 bits per heavy atom. The Hall–Kier alpha value is -3.13. The topological polar surface area (TPSA) is 39.2 Å². The number of fused-ring (bicyclic) bond motifs is 2. The number of carbonyl (C=O) groups excluding carboxylic acids is 1. The summed E-state index contributed by atoms with van der Waals surface area (Å²) in [6.07, 6.45) is 0.723. The van der Waals surface area contributed by atoms with Crippen molar-refractivity contribution >= 4 is 11.9 Å².